The molecule has 2 aromatic rings. The molecule has 22 heavy (non-hydrogen) atoms. The van der Waals surface area contributed by atoms with Crippen LogP contribution in [0.25, 0.3) is 0 Å². The zero-order valence-corrected chi connectivity index (χ0v) is 12.4. The van der Waals surface area contributed by atoms with Crippen LogP contribution in [0.3, 0.4) is 0 Å². The number of esters is 1. The number of ether oxygens (including phenoxy) is 1. The van der Waals surface area contributed by atoms with Crippen LogP contribution in [0.5, 0.6) is 0 Å². The van der Waals surface area contributed by atoms with Crippen molar-refractivity contribution in [3.8, 4) is 12.3 Å². The minimum absolute atomic E-state index is 0.342. The second-order valence-corrected chi connectivity index (χ2v) is 4.99. The summed E-state index contributed by atoms with van der Waals surface area (Å²) in [4.78, 5) is 23.8. The SMILES string of the molecule is C#CC(OC(=O)CC(=O)c1ccc(Cl)cc1)c1ccccc1. The third-order valence-electron chi connectivity index (χ3n) is 2.97. The lowest BCUT2D eigenvalue weighted by molar-refractivity contribution is -0.145. The molecule has 1 atom stereocenters. The first-order valence-electron chi connectivity index (χ1n) is 6.59. The van der Waals surface area contributed by atoms with Crippen LogP contribution >= 0.6 is 11.6 Å². The third-order valence-corrected chi connectivity index (χ3v) is 3.23. The van der Waals surface area contributed by atoms with Gasteiger partial charge in [-0.15, -0.1) is 6.42 Å². The second kappa shape index (κ2) is 7.44. The number of ketones is 1. The van der Waals surface area contributed by atoms with Crippen molar-refractivity contribution in [3.63, 3.8) is 0 Å². The molecule has 110 valence electrons. The molecule has 0 saturated carbocycles. The van der Waals surface area contributed by atoms with E-state index in [0.29, 0.717) is 16.1 Å². The van der Waals surface area contributed by atoms with E-state index in [1.54, 1.807) is 48.5 Å². The van der Waals surface area contributed by atoms with E-state index in [4.69, 9.17) is 22.8 Å². The van der Waals surface area contributed by atoms with Gasteiger partial charge in [0.15, 0.2) is 11.9 Å². The maximum atomic E-state index is 12.0. The topological polar surface area (TPSA) is 43.4 Å². The van der Waals surface area contributed by atoms with Gasteiger partial charge < -0.3 is 4.74 Å². The summed E-state index contributed by atoms with van der Waals surface area (Å²) < 4.78 is 5.18. The van der Waals surface area contributed by atoms with Gasteiger partial charge >= 0.3 is 5.97 Å². The summed E-state index contributed by atoms with van der Waals surface area (Å²) in [5.74, 6) is 1.40. The Morgan fingerprint density at radius 3 is 2.32 bits per heavy atom. The van der Waals surface area contributed by atoms with Crippen molar-refractivity contribution in [1.82, 2.24) is 0 Å². The van der Waals surface area contributed by atoms with E-state index in [2.05, 4.69) is 5.92 Å². The predicted molar refractivity (Wildman–Crippen MR) is 84.5 cm³/mol. The molecule has 3 nitrogen and oxygen atoms in total. The smallest absolute Gasteiger partial charge is 0.315 e. The largest absolute Gasteiger partial charge is 0.444 e. The highest BCUT2D eigenvalue weighted by molar-refractivity contribution is 6.30. The zero-order valence-electron chi connectivity index (χ0n) is 11.7. The van der Waals surface area contributed by atoms with E-state index in [1.165, 1.54) is 0 Å². The molecule has 0 heterocycles. The lowest BCUT2D eigenvalue weighted by Gasteiger charge is -2.12. The highest BCUT2D eigenvalue weighted by Gasteiger charge is 2.17. The molecule has 0 aliphatic rings. The number of halogens is 1. The maximum Gasteiger partial charge on any atom is 0.315 e. The zero-order chi connectivity index (χ0) is 15.9. The molecule has 0 bridgehead atoms. The number of carbonyl (C=O) groups excluding carboxylic acids is 2. The highest BCUT2D eigenvalue weighted by atomic mass is 35.5. The van der Waals surface area contributed by atoms with E-state index in [1.807, 2.05) is 6.07 Å². The van der Waals surface area contributed by atoms with Gasteiger partial charge in [-0.3, -0.25) is 9.59 Å². The number of rotatable bonds is 5. The fourth-order valence-electron chi connectivity index (χ4n) is 1.87. The highest BCUT2D eigenvalue weighted by Crippen LogP contribution is 2.17. The Labute approximate surface area is 133 Å². The van der Waals surface area contributed by atoms with Gasteiger partial charge in [0.05, 0.1) is 0 Å². The molecular formula is C18H13ClO3. The van der Waals surface area contributed by atoms with Crippen LogP contribution < -0.4 is 0 Å². The van der Waals surface area contributed by atoms with Gasteiger partial charge in [0.25, 0.3) is 0 Å². The first kappa shape index (κ1) is 15.8. The van der Waals surface area contributed by atoms with Gasteiger partial charge in [-0.05, 0) is 24.3 Å². The molecule has 2 rings (SSSR count). The summed E-state index contributed by atoms with van der Waals surface area (Å²) >= 11 is 5.75. The molecule has 0 spiro atoms. The summed E-state index contributed by atoms with van der Waals surface area (Å²) in [6, 6.07) is 15.3. The van der Waals surface area contributed by atoms with Gasteiger partial charge in [0, 0.05) is 16.1 Å². The standard InChI is InChI=1S/C18H13ClO3/c1-2-17(14-6-4-3-5-7-14)22-18(21)12-16(20)13-8-10-15(19)11-9-13/h1,3-11,17H,12H2. The van der Waals surface area contributed by atoms with Gasteiger partial charge in [-0.2, -0.15) is 0 Å². The van der Waals surface area contributed by atoms with Gasteiger partial charge in [-0.1, -0.05) is 47.9 Å². The van der Waals surface area contributed by atoms with Crippen LogP contribution in [0.4, 0.5) is 0 Å². The summed E-state index contributed by atoms with van der Waals surface area (Å²) in [6.45, 7) is 0. The van der Waals surface area contributed by atoms with Crippen LogP contribution in [0, 0.1) is 12.3 Å². The quantitative estimate of drug-likeness (QED) is 0.365. The first-order chi connectivity index (χ1) is 10.6. The fraction of sp³-hybridized carbons (Fsp3) is 0.111. The Kier molecular flexibility index (Phi) is 5.35. The summed E-state index contributed by atoms with van der Waals surface area (Å²) in [5.41, 5.74) is 1.09. The summed E-state index contributed by atoms with van der Waals surface area (Å²) in [5, 5.41) is 0.524. The van der Waals surface area contributed by atoms with Gasteiger partial charge in [0.2, 0.25) is 0 Å². The predicted octanol–water partition coefficient (Wildman–Crippen LogP) is 3.83. The van der Waals surface area contributed by atoms with Crippen molar-refractivity contribution in [2.75, 3.05) is 0 Å². The molecular weight excluding hydrogens is 300 g/mol. The summed E-state index contributed by atoms with van der Waals surface area (Å²) in [7, 11) is 0. The monoisotopic (exact) mass is 312 g/mol. The lowest BCUT2D eigenvalue weighted by Crippen LogP contribution is -2.14. The molecule has 0 aromatic heterocycles. The van der Waals surface area contributed by atoms with E-state index < -0.39 is 12.1 Å². The number of benzene rings is 2. The van der Waals surface area contributed by atoms with E-state index in [9.17, 15) is 9.59 Å². The molecule has 0 aliphatic heterocycles. The molecule has 1 unspecified atom stereocenters. The summed E-state index contributed by atoms with van der Waals surface area (Å²) in [6.07, 6.45) is 4.22. The van der Waals surface area contributed by atoms with Crippen molar-refractivity contribution < 1.29 is 14.3 Å². The molecule has 0 amide bonds. The molecule has 0 aliphatic carbocycles. The normalized spacial score (nSPS) is 11.3. The Morgan fingerprint density at radius 1 is 1.09 bits per heavy atom. The Balaban J connectivity index is 1.99. The average molecular weight is 313 g/mol. The molecule has 0 saturated heterocycles. The van der Waals surface area contributed by atoms with E-state index in [-0.39, 0.29) is 12.2 Å². The molecule has 0 N–H and O–H groups in total. The van der Waals surface area contributed by atoms with Crippen molar-refractivity contribution >= 4 is 23.4 Å². The van der Waals surface area contributed by atoms with Crippen LogP contribution in [0.1, 0.15) is 28.4 Å². The van der Waals surface area contributed by atoms with Crippen molar-refractivity contribution in [2.24, 2.45) is 0 Å². The van der Waals surface area contributed by atoms with Crippen molar-refractivity contribution in [2.45, 2.75) is 12.5 Å². The minimum Gasteiger partial charge on any atom is -0.444 e. The second-order valence-electron chi connectivity index (χ2n) is 4.55. The fourth-order valence-corrected chi connectivity index (χ4v) is 1.99. The number of hydrogen-bond acceptors (Lipinski definition) is 3. The van der Waals surface area contributed by atoms with Crippen LogP contribution in [0.2, 0.25) is 5.02 Å². The third kappa shape index (κ3) is 4.21. The first-order valence-corrected chi connectivity index (χ1v) is 6.97. The number of hydrogen-bond donors (Lipinski definition) is 0. The van der Waals surface area contributed by atoms with Gasteiger partial charge in [-0.25, -0.2) is 0 Å². The van der Waals surface area contributed by atoms with Crippen LogP contribution in [-0.2, 0) is 9.53 Å². The number of terminal acetylenes is 1. The Bertz CT molecular complexity index is 699. The van der Waals surface area contributed by atoms with Crippen molar-refractivity contribution in [3.05, 3.63) is 70.7 Å². The molecule has 2 aromatic carbocycles. The van der Waals surface area contributed by atoms with Crippen molar-refractivity contribution in [1.29, 1.82) is 0 Å². The number of carbonyl (C=O) groups is 2. The van der Waals surface area contributed by atoms with E-state index >= 15 is 0 Å². The molecule has 0 fully saturated rings. The molecule has 0 radical (unpaired) electrons. The minimum atomic E-state index is -0.799. The Morgan fingerprint density at radius 2 is 1.73 bits per heavy atom. The lowest BCUT2D eigenvalue weighted by atomic mass is 10.1. The number of Topliss-reactive ketones (excluding diaryl/α,β-unsaturated/α-hetero) is 1. The average Bonchev–Trinajstić information content (AvgIpc) is 2.54. The van der Waals surface area contributed by atoms with Crippen LogP contribution in [0.15, 0.2) is 54.6 Å². The van der Waals surface area contributed by atoms with Crippen LogP contribution in [-0.4, -0.2) is 11.8 Å². The molecule has 4 heteroatoms. The Hall–Kier alpha value is -2.57. The van der Waals surface area contributed by atoms with Gasteiger partial charge in [0.1, 0.15) is 6.42 Å². The maximum absolute atomic E-state index is 12.0. The van der Waals surface area contributed by atoms with E-state index in [0.717, 1.165) is 0 Å².